The minimum absolute atomic E-state index is 0.00221. The number of nitrogens with zero attached hydrogens (tertiary/aromatic N) is 1. The van der Waals surface area contributed by atoms with Gasteiger partial charge in [-0.2, -0.15) is 0 Å². The molecule has 0 saturated heterocycles. The largest absolute Gasteiger partial charge is 0.478 e. The number of carboxylic acid groups (broad SMARTS) is 1. The Morgan fingerprint density at radius 1 is 1.50 bits per heavy atom. The molecule has 1 unspecified atom stereocenters. The van der Waals surface area contributed by atoms with Crippen molar-refractivity contribution in [2.45, 2.75) is 19.9 Å². The number of hydrogen-bond donors (Lipinski definition) is 1. The van der Waals surface area contributed by atoms with Gasteiger partial charge in [0.25, 0.3) is 5.91 Å². The van der Waals surface area contributed by atoms with Gasteiger partial charge in [0.15, 0.2) is 0 Å². The van der Waals surface area contributed by atoms with E-state index in [9.17, 15) is 9.59 Å². The van der Waals surface area contributed by atoms with E-state index in [2.05, 4.69) is 0 Å². The minimum Gasteiger partial charge on any atom is -0.478 e. The third-order valence-corrected chi connectivity index (χ3v) is 3.81. The fraction of sp³-hybridized carbons (Fsp3) is 0.429. The summed E-state index contributed by atoms with van der Waals surface area (Å²) >= 11 is 1.28. The molecular weight excluding hydrogens is 278 g/mol. The first-order valence-corrected chi connectivity index (χ1v) is 7.12. The van der Waals surface area contributed by atoms with E-state index >= 15 is 0 Å². The lowest BCUT2D eigenvalue weighted by molar-refractivity contribution is -0.131. The van der Waals surface area contributed by atoms with Crippen molar-refractivity contribution in [3.63, 3.8) is 0 Å². The van der Waals surface area contributed by atoms with Gasteiger partial charge in [-0.25, -0.2) is 4.79 Å². The Hall–Kier alpha value is -1.66. The van der Waals surface area contributed by atoms with Gasteiger partial charge in [0.2, 0.25) is 0 Å². The van der Waals surface area contributed by atoms with Gasteiger partial charge in [0, 0.05) is 24.6 Å². The summed E-state index contributed by atoms with van der Waals surface area (Å²) in [7, 11) is 1.61. The summed E-state index contributed by atoms with van der Waals surface area (Å²) in [6.45, 7) is 4.94. The molecule has 0 aliphatic rings. The van der Waals surface area contributed by atoms with E-state index in [0.29, 0.717) is 18.0 Å². The molecule has 110 valence electrons. The molecule has 0 fully saturated rings. The lowest BCUT2D eigenvalue weighted by Crippen LogP contribution is -2.40. The highest BCUT2D eigenvalue weighted by atomic mass is 32.1. The van der Waals surface area contributed by atoms with Crippen LogP contribution in [0.4, 0.5) is 0 Å². The number of amides is 1. The number of methoxy groups -OCH3 is 1. The predicted octanol–water partition coefficient (Wildman–Crippen LogP) is 2.34. The zero-order valence-corrected chi connectivity index (χ0v) is 12.6. The summed E-state index contributed by atoms with van der Waals surface area (Å²) in [6, 6.07) is 3.46. The van der Waals surface area contributed by atoms with Crippen LogP contribution in [0.2, 0.25) is 0 Å². The van der Waals surface area contributed by atoms with Crippen molar-refractivity contribution in [3.05, 3.63) is 28.0 Å². The molecule has 0 aromatic carbocycles. The highest BCUT2D eigenvalue weighted by Gasteiger charge is 2.21. The van der Waals surface area contributed by atoms with E-state index in [1.54, 1.807) is 24.1 Å². The second-order valence-corrected chi connectivity index (χ2v) is 5.38. The minimum atomic E-state index is -1.00. The van der Waals surface area contributed by atoms with Crippen LogP contribution >= 0.6 is 11.3 Å². The number of thiophene rings is 1. The first kappa shape index (κ1) is 16.4. The summed E-state index contributed by atoms with van der Waals surface area (Å²) in [4.78, 5) is 25.9. The van der Waals surface area contributed by atoms with Crippen molar-refractivity contribution < 1.29 is 19.4 Å². The maximum Gasteiger partial charge on any atom is 0.328 e. The van der Waals surface area contributed by atoms with Gasteiger partial charge in [-0.3, -0.25) is 4.79 Å². The molecule has 1 aromatic rings. The topological polar surface area (TPSA) is 66.8 Å². The van der Waals surface area contributed by atoms with E-state index in [1.165, 1.54) is 17.4 Å². The van der Waals surface area contributed by atoms with Gasteiger partial charge < -0.3 is 14.7 Å². The molecule has 1 rings (SSSR count). The van der Waals surface area contributed by atoms with E-state index < -0.39 is 5.97 Å². The van der Waals surface area contributed by atoms with Crippen LogP contribution in [0.1, 0.15) is 28.4 Å². The molecular formula is C14H19NO4S. The van der Waals surface area contributed by atoms with E-state index in [4.69, 9.17) is 9.84 Å². The third kappa shape index (κ3) is 4.47. The maximum absolute atomic E-state index is 12.4. The lowest BCUT2D eigenvalue weighted by Gasteiger charge is -2.27. The number of hydrogen-bond acceptors (Lipinski definition) is 4. The van der Waals surface area contributed by atoms with Gasteiger partial charge in [0.1, 0.15) is 0 Å². The fourth-order valence-electron chi connectivity index (χ4n) is 1.84. The quantitative estimate of drug-likeness (QED) is 0.784. The lowest BCUT2D eigenvalue weighted by atomic mass is 10.2. The molecule has 6 heteroatoms. The van der Waals surface area contributed by atoms with Crippen LogP contribution in [0, 0.1) is 0 Å². The predicted molar refractivity (Wildman–Crippen MR) is 79.0 cm³/mol. The zero-order chi connectivity index (χ0) is 15.1. The number of carbonyl (C=O) groups is 2. The summed E-state index contributed by atoms with van der Waals surface area (Å²) in [5.41, 5.74) is 0. The summed E-state index contributed by atoms with van der Waals surface area (Å²) in [5.74, 6) is -1.06. The number of ether oxygens (including phenoxy) is 1. The highest BCUT2D eigenvalue weighted by Crippen LogP contribution is 2.20. The van der Waals surface area contributed by atoms with Crippen LogP contribution in [-0.2, 0) is 9.53 Å². The highest BCUT2D eigenvalue weighted by molar-refractivity contribution is 7.14. The Kier molecular flexibility index (Phi) is 6.41. The van der Waals surface area contributed by atoms with Gasteiger partial charge in [0.05, 0.1) is 17.5 Å². The molecule has 1 heterocycles. The van der Waals surface area contributed by atoms with Gasteiger partial charge >= 0.3 is 5.97 Å². The fourth-order valence-corrected chi connectivity index (χ4v) is 2.71. The van der Waals surface area contributed by atoms with Crippen LogP contribution in [0.3, 0.4) is 0 Å². The van der Waals surface area contributed by atoms with Crippen molar-refractivity contribution >= 4 is 29.3 Å². The average Bonchev–Trinajstić information content (AvgIpc) is 2.86. The number of carboxylic acids is 1. The van der Waals surface area contributed by atoms with E-state index in [0.717, 1.165) is 11.0 Å². The van der Waals surface area contributed by atoms with E-state index in [1.807, 2.05) is 13.8 Å². The Balaban J connectivity index is 2.83. The van der Waals surface area contributed by atoms with Crippen molar-refractivity contribution in [2.75, 3.05) is 20.3 Å². The molecule has 0 spiro atoms. The van der Waals surface area contributed by atoms with Gasteiger partial charge in [-0.05, 0) is 32.1 Å². The normalized spacial score (nSPS) is 12.6. The van der Waals surface area contributed by atoms with Crippen molar-refractivity contribution in [1.29, 1.82) is 0 Å². The molecule has 0 radical (unpaired) electrons. The second kappa shape index (κ2) is 7.81. The first-order chi connectivity index (χ1) is 9.49. The SMILES string of the molecule is CCN(C(=O)c1ccc(C=CC(=O)O)s1)C(C)COC. The smallest absolute Gasteiger partial charge is 0.328 e. The molecule has 1 aromatic heterocycles. The Labute approximate surface area is 122 Å². The maximum atomic E-state index is 12.4. The van der Waals surface area contributed by atoms with Crippen LogP contribution in [0.5, 0.6) is 0 Å². The van der Waals surface area contributed by atoms with Gasteiger partial charge in [-0.1, -0.05) is 0 Å². The number of likely N-dealkylation sites (N-methyl/N-ethyl adjacent to an activating group) is 1. The Morgan fingerprint density at radius 3 is 2.75 bits per heavy atom. The standard InChI is InChI=1S/C14H19NO4S/c1-4-15(10(2)9-19-3)14(18)12-7-5-11(20-12)6-8-13(16)17/h5-8,10H,4,9H2,1-3H3,(H,16,17). The molecule has 0 aliphatic carbocycles. The molecule has 1 atom stereocenters. The summed E-state index contributed by atoms with van der Waals surface area (Å²) < 4.78 is 5.08. The summed E-state index contributed by atoms with van der Waals surface area (Å²) in [6.07, 6.45) is 2.55. The average molecular weight is 297 g/mol. The van der Waals surface area contributed by atoms with Crippen LogP contribution in [0.15, 0.2) is 18.2 Å². The van der Waals surface area contributed by atoms with Crippen molar-refractivity contribution in [2.24, 2.45) is 0 Å². The molecule has 1 amide bonds. The van der Waals surface area contributed by atoms with Crippen molar-refractivity contribution in [3.8, 4) is 0 Å². The monoisotopic (exact) mass is 297 g/mol. The summed E-state index contributed by atoms with van der Waals surface area (Å²) in [5, 5.41) is 8.58. The molecule has 20 heavy (non-hydrogen) atoms. The Bertz CT molecular complexity index is 495. The number of carbonyl (C=O) groups excluding carboxylic acids is 1. The van der Waals surface area contributed by atoms with Crippen molar-refractivity contribution in [1.82, 2.24) is 4.90 Å². The second-order valence-electron chi connectivity index (χ2n) is 4.27. The molecule has 0 saturated carbocycles. The van der Waals surface area contributed by atoms with Crippen LogP contribution in [0.25, 0.3) is 6.08 Å². The van der Waals surface area contributed by atoms with Gasteiger partial charge in [-0.15, -0.1) is 11.3 Å². The Morgan fingerprint density at radius 2 is 2.20 bits per heavy atom. The van der Waals surface area contributed by atoms with E-state index in [-0.39, 0.29) is 11.9 Å². The number of aliphatic carboxylic acids is 1. The zero-order valence-electron chi connectivity index (χ0n) is 11.8. The number of rotatable bonds is 7. The molecule has 0 bridgehead atoms. The van der Waals surface area contributed by atoms with Crippen LogP contribution < -0.4 is 0 Å². The molecule has 0 aliphatic heterocycles. The molecule has 5 nitrogen and oxygen atoms in total. The molecule has 1 N–H and O–H groups in total. The third-order valence-electron chi connectivity index (χ3n) is 2.77. The first-order valence-electron chi connectivity index (χ1n) is 6.30. The van der Waals surface area contributed by atoms with Crippen LogP contribution in [-0.4, -0.2) is 48.2 Å².